The van der Waals surface area contributed by atoms with Crippen LogP contribution in [-0.4, -0.2) is 9.70 Å². The van der Waals surface area contributed by atoms with Crippen molar-refractivity contribution in [3.8, 4) is 0 Å². The van der Waals surface area contributed by atoms with E-state index in [1.807, 2.05) is 5.32 Å². The van der Waals surface area contributed by atoms with Crippen LogP contribution < -0.4 is 5.32 Å². The van der Waals surface area contributed by atoms with Crippen molar-refractivity contribution in [3.63, 3.8) is 0 Å². The molecule has 0 saturated heterocycles. The smallest absolute Gasteiger partial charge is 0.322 e. The quantitative estimate of drug-likeness (QED) is 0.780. The average molecular weight is 306 g/mol. The summed E-state index contributed by atoms with van der Waals surface area (Å²) in [5.74, 6) is -1.15. The lowest BCUT2D eigenvalue weighted by Crippen LogP contribution is -2.28. The number of nitrogens with one attached hydrogen (secondary N) is 1. The van der Waals surface area contributed by atoms with Gasteiger partial charge in [0, 0.05) is 0 Å². The number of halogens is 6. The zero-order chi connectivity index (χ0) is 13.3. The van der Waals surface area contributed by atoms with Crippen molar-refractivity contribution in [1.82, 2.24) is 0 Å². The number of hydrogen-bond acceptors (Lipinski definition) is 1. The Morgan fingerprint density at radius 2 is 1.65 bits per heavy atom. The molecule has 0 atom stereocenters. The van der Waals surface area contributed by atoms with E-state index >= 15 is 0 Å². The first-order valence-corrected chi connectivity index (χ1v) is 5.30. The fraction of sp³-hybridized carbons (Fsp3) is 0.222. The van der Waals surface area contributed by atoms with Gasteiger partial charge in [-0.15, -0.1) is 0 Å². The molecule has 0 aliphatic heterocycles. The normalized spacial score (nSPS) is 12.4. The molecule has 0 fully saturated rings. The Morgan fingerprint density at radius 1 is 1.12 bits per heavy atom. The first kappa shape index (κ1) is 14.4. The minimum absolute atomic E-state index is 0.462. The third kappa shape index (κ3) is 3.94. The second-order valence-corrected chi connectivity index (χ2v) is 5.28. The number of para-hydroxylation sites is 1. The van der Waals surface area contributed by atoms with Crippen LogP contribution in [0.1, 0.15) is 5.56 Å². The number of amides is 1. The molecular weight excluding hydrogens is 301 g/mol. The third-order valence-corrected chi connectivity index (χ3v) is 2.25. The van der Waals surface area contributed by atoms with Gasteiger partial charge in [-0.05, 0) is 12.1 Å². The van der Waals surface area contributed by atoms with Crippen molar-refractivity contribution < 1.29 is 18.0 Å². The molecule has 0 unspecified atom stereocenters. The first-order chi connectivity index (χ1) is 7.62. The minimum atomic E-state index is -4.60. The number of anilines is 1. The Morgan fingerprint density at radius 3 is 2.12 bits per heavy atom. The molecule has 8 heteroatoms. The highest BCUT2D eigenvalue weighted by molar-refractivity contribution is 6.76. The summed E-state index contributed by atoms with van der Waals surface area (Å²) in [4.78, 5) is 11.2. The highest BCUT2D eigenvalue weighted by atomic mass is 35.6. The van der Waals surface area contributed by atoms with Crippen LogP contribution in [0.2, 0.25) is 0 Å². The molecule has 0 saturated carbocycles. The van der Waals surface area contributed by atoms with Gasteiger partial charge in [-0.2, -0.15) is 13.2 Å². The van der Waals surface area contributed by atoms with Crippen LogP contribution in [0.15, 0.2) is 24.3 Å². The number of alkyl halides is 6. The van der Waals surface area contributed by atoms with Crippen LogP contribution in [0.5, 0.6) is 0 Å². The van der Waals surface area contributed by atoms with Crippen molar-refractivity contribution in [1.29, 1.82) is 0 Å². The van der Waals surface area contributed by atoms with Gasteiger partial charge in [-0.25, -0.2) is 0 Å². The van der Waals surface area contributed by atoms with E-state index in [1.54, 1.807) is 0 Å². The van der Waals surface area contributed by atoms with Gasteiger partial charge in [0.15, 0.2) is 0 Å². The molecule has 1 aromatic carbocycles. The van der Waals surface area contributed by atoms with Gasteiger partial charge in [0.1, 0.15) is 0 Å². The fourth-order valence-corrected chi connectivity index (χ4v) is 1.17. The van der Waals surface area contributed by atoms with Gasteiger partial charge >= 0.3 is 6.18 Å². The summed E-state index contributed by atoms with van der Waals surface area (Å²) in [5, 5.41) is 1.90. The second kappa shape index (κ2) is 4.92. The Kier molecular flexibility index (Phi) is 4.17. The summed E-state index contributed by atoms with van der Waals surface area (Å²) in [6.07, 6.45) is -4.60. The Hall–Kier alpha value is -0.650. The number of carbonyl (C=O) groups excluding carboxylic acids is 1. The predicted molar refractivity (Wildman–Crippen MR) is 60.4 cm³/mol. The lowest BCUT2D eigenvalue weighted by atomic mass is 10.1. The molecule has 1 rings (SSSR count). The number of rotatable bonds is 1. The molecule has 1 N–H and O–H groups in total. The third-order valence-electron chi connectivity index (χ3n) is 1.74. The topological polar surface area (TPSA) is 29.1 Å². The van der Waals surface area contributed by atoms with Crippen LogP contribution >= 0.6 is 34.8 Å². The molecule has 17 heavy (non-hydrogen) atoms. The summed E-state index contributed by atoms with van der Waals surface area (Å²) in [6, 6.07) is 4.39. The average Bonchev–Trinajstić information content (AvgIpc) is 2.15. The standard InChI is InChI=1S/C9H5Cl3F3NO/c10-8(11,12)7(17)16-6-4-2-1-3-5(6)9(13,14)15/h1-4H,(H,16,17). The van der Waals surface area contributed by atoms with E-state index in [2.05, 4.69) is 0 Å². The van der Waals surface area contributed by atoms with E-state index < -0.39 is 27.1 Å². The zero-order valence-electron chi connectivity index (χ0n) is 7.99. The van der Waals surface area contributed by atoms with E-state index in [9.17, 15) is 18.0 Å². The molecule has 0 aliphatic rings. The maximum Gasteiger partial charge on any atom is 0.418 e. The lowest BCUT2D eigenvalue weighted by molar-refractivity contribution is -0.137. The molecule has 2 nitrogen and oxygen atoms in total. The minimum Gasteiger partial charge on any atom is -0.322 e. The van der Waals surface area contributed by atoms with Crippen LogP contribution in [0.4, 0.5) is 18.9 Å². The largest absolute Gasteiger partial charge is 0.418 e. The van der Waals surface area contributed by atoms with Crippen molar-refractivity contribution >= 4 is 46.4 Å². The number of benzene rings is 1. The SMILES string of the molecule is O=C(Nc1ccccc1C(F)(F)F)C(Cl)(Cl)Cl. The van der Waals surface area contributed by atoms with E-state index in [4.69, 9.17) is 34.8 Å². The molecule has 0 aliphatic carbocycles. The molecule has 0 spiro atoms. The van der Waals surface area contributed by atoms with Crippen molar-refractivity contribution in [2.75, 3.05) is 5.32 Å². The molecule has 1 aromatic rings. The van der Waals surface area contributed by atoms with Crippen LogP contribution in [0, 0.1) is 0 Å². The Labute approximate surface area is 110 Å². The number of carbonyl (C=O) groups is 1. The zero-order valence-corrected chi connectivity index (χ0v) is 10.3. The van der Waals surface area contributed by atoms with Gasteiger partial charge in [-0.3, -0.25) is 4.79 Å². The molecular formula is C9H5Cl3F3NO. The molecule has 0 heterocycles. The van der Waals surface area contributed by atoms with Gasteiger partial charge in [0.05, 0.1) is 11.3 Å². The van der Waals surface area contributed by atoms with E-state index in [0.29, 0.717) is 0 Å². The van der Waals surface area contributed by atoms with Gasteiger partial charge in [-0.1, -0.05) is 46.9 Å². The lowest BCUT2D eigenvalue weighted by Gasteiger charge is -2.16. The van der Waals surface area contributed by atoms with Crippen LogP contribution in [0.25, 0.3) is 0 Å². The Balaban J connectivity index is 3.04. The highest BCUT2D eigenvalue weighted by Gasteiger charge is 2.36. The summed E-state index contributed by atoms with van der Waals surface area (Å²) < 4.78 is 35.3. The fourth-order valence-electron chi connectivity index (χ4n) is 1.03. The van der Waals surface area contributed by atoms with E-state index in [1.165, 1.54) is 12.1 Å². The van der Waals surface area contributed by atoms with E-state index in [-0.39, 0.29) is 0 Å². The summed E-state index contributed by atoms with van der Waals surface area (Å²) in [7, 11) is 0. The Bertz CT molecular complexity index is 428. The number of hydrogen-bond donors (Lipinski definition) is 1. The van der Waals surface area contributed by atoms with Crippen molar-refractivity contribution in [2.24, 2.45) is 0 Å². The second-order valence-electron chi connectivity index (χ2n) is 3.00. The summed E-state index contributed by atoms with van der Waals surface area (Å²) in [5.41, 5.74) is -1.47. The van der Waals surface area contributed by atoms with Gasteiger partial charge < -0.3 is 5.32 Å². The molecule has 0 radical (unpaired) electrons. The monoisotopic (exact) mass is 305 g/mol. The van der Waals surface area contributed by atoms with Crippen molar-refractivity contribution in [3.05, 3.63) is 29.8 Å². The van der Waals surface area contributed by atoms with Crippen LogP contribution in [-0.2, 0) is 11.0 Å². The highest BCUT2D eigenvalue weighted by Crippen LogP contribution is 2.36. The van der Waals surface area contributed by atoms with Gasteiger partial charge in [0.2, 0.25) is 0 Å². The first-order valence-electron chi connectivity index (χ1n) is 4.17. The van der Waals surface area contributed by atoms with E-state index in [0.717, 1.165) is 12.1 Å². The van der Waals surface area contributed by atoms with Gasteiger partial charge in [0.25, 0.3) is 9.70 Å². The molecule has 0 bridgehead atoms. The molecule has 1 amide bonds. The van der Waals surface area contributed by atoms with Crippen LogP contribution in [0.3, 0.4) is 0 Å². The van der Waals surface area contributed by atoms with Crippen molar-refractivity contribution in [2.45, 2.75) is 9.97 Å². The summed E-state index contributed by atoms with van der Waals surface area (Å²) >= 11 is 15.7. The molecule has 94 valence electrons. The predicted octanol–water partition coefficient (Wildman–Crippen LogP) is 4.01. The maximum absolute atomic E-state index is 12.5. The maximum atomic E-state index is 12.5. The summed E-state index contributed by atoms with van der Waals surface area (Å²) in [6.45, 7) is 0. The molecule has 0 aromatic heterocycles.